The number of methoxy groups -OCH3 is 2. The lowest BCUT2D eigenvalue weighted by molar-refractivity contribution is -0.145. The average Bonchev–Trinajstić information content (AvgIpc) is 2.81. The van der Waals surface area contributed by atoms with Crippen molar-refractivity contribution in [2.24, 2.45) is 7.05 Å². The quantitative estimate of drug-likeness (QED) is 0.628. The minimum absolute atomic E-state index is 0.0516. The molecule has 0 atom stereocenters. The van der Waals surface area contributed by atoms with Crippen LogP contribution < -0.4 is 0 Å². The summed E-state index contributed by atoms with van der Waals surface area (Å²) in [5.74, 6) is 0.118. The summed E-state index contributed by atoms with van der Waals surface area (Å²) in [6.45, 7) is 0.626. The van der Waals surface area contributed by atoms with Crippen LogP contribution in [0.1, 0.15) is 5.82 Å². The standard InChI is InChI=1S/C12H19N3O4/c1-14-7-5-13-10(14)4-6-15(8-11(16)18-2)9-12(17)19-3/h5,7H,4,6,8-9H2,1-3H3. The molecule has 0 unspecified atom stereocenters. The topological polar surface area (TPSA) is 73.7 Å². The monoisotopic (exact) mass is 269 g/mol. The van der Waals surface area contributed by atoms with Crippen LogP contribution in [0, 0.1) is 0 Å². The fourth-order valence-corrected chi connectivity index (χ4v) is 1.60. The summed E-state index contributed by atoms with van der Waals surface area (Å²) >= 11 is 0. The van der Waals surface area contributed by atoms with E-state index in [1.54, 1.807) is 11.1 Å². The molecule has 0 bridgehead atoms. The van der Waals surface area contributed by atoms with Crippen molar-refractivity contribution in [2.75, 3.05) is 33.9 Å². The number of rotatable bonds is 7. The molecule has 1 aromatic rings. The molecule has 1 aromatic heterocycles. The molecule has 0 fully saturated rings. The highest BCUT2D eigenvalue weighted by atomic mass is 16.5. The van der Waals surface area contributed by atoms with Crippen LogP contribution in [0.25, 0.3) is 0 Å². The Morgan fingerprint density at radius 1 is 1.26 bits per heavy atom. The first kappa shape index (κ1) is 15.2. The fraction of sp³-hybridized carbons (Fsp3) is 0.583. The van der Waals surface area contributed by atoms with Crippen molar-refractivity contribution >= 4 is 11.9 Å². The number of imidazole rings is 1. The summed E-state index contributed by atoms with van der Waals surface area (Å²) < 4.78 is 11.1. The number of hydrogen-bond acceptors (Lipinski definition) is 6. The van der Waals surface area contributed by atoms with E-state index in [1.807, 2.05) is 17.8 Å². The molecule has 7 nitrogen and oxygen atoms in total. The molecule has 1 heterocycles. The third-order valence-corrected chi connectivity index (χ3v) is 2.73. The number of carbonyl (C=O) groups excluding carboxylic acids is 2. The highest BCUT2D eigenvalue weighted by Crippen LogP contribution is 1.99. The molecular formula is C12H19N3O4. The molecule has 19 heavy (non-hydrogen) atoms. The van der Waals surface area contributed by atoms with E-state index in [0.29, 0.717) is 13.0 Å². The van der Waals surface area contributed by atoms with Gasteiger partial charge in [-0.1, -0.05) is 0 Å². The van der Waals surface area contributed by atoms with Gasteiger partial charge < -0.3 is 14.0 Å². The Labute approximate surface area is 112 Å². The largest absolute Gasteiger partial charge is 0.468 e. The first-order valence-corrected chi connectivity index (χ1v) is 5.89. The maximum absolute atomic E-state index is 11.3. The van der Waals surface area contributed by atoms with Gasteiger partial charge in [0.25, 0.3) is 0 Å². The zero-order valence-electron chi connectivity index (χ0n) is 11.5. The molecule has 0 aliphatic heterocycles. The summed E-state index contributed by atoms with van der Waals surface area (Å²) in [6, 6.07) is 0. The number of ether oxygens (including phenoxy) is 2. The number of hydrogen-bond donors (Lipinski definition) is 0. The van der Waals surface area contributed by atoms with E-state index in [1.165, 1.54) is 14.2 Å². The second kappa shape index (κ2) is 7.52. The van der Waals surface area contributed by atoms with Crippen molar-refractivity contribution < 1.29 is 19.1 Å². The van der Waals surface area contributed by atoms with Gasteiger partial charge in [0, 0.05) is 32.4 Å². The van der Waals surface area contributed by atoms with E-state index in [2.05, 4.69) is 14.5 Å². The van der Waals surface area contributed by atoms with Gasteiger partial charge >= 0.3 is 11.9 Å². The molecule has 0 aliphatic carbocycles. The number of esters is 2. The van der Waals surface area contributed by atoms with Crippen LogP contribution >= 0.6 is 0 Å². The van der Waals surface area contributed by atoms with Gasteiger partial charge in [-0.3, -0.25) is 14.5 Å². The molecule has 7 heteroatoms. The van der Waals surface area contributed by atoms with Crippen LogP contribution in [-0.4, -0.2) is 60.2 Å². The molecule has 0 radical (unpaired) electrons. The molecule has 0 spiro atoms. The van der Waals surface area contributed by atoms with Crippen molar-refractivity contribution in [1.82, 2.24) is 14.5 Å². The third-order valence-electron chi connectivity index (χ3n) is 2.73. The van der Waals surface area contributed by atoms with E-state index < -0.39 is 0 Å². The van der Waals surface area contributed by atoms with E-state index in [4.69, 9.17) is 0 Å². The molecule has 0 amide bonds. The van der Waals surface area contributed by atoms with Crippen molar-refractivity contribution in [1.29, 1.82) is 0 Å². The third kappa shape index (κ3) is 5.09. The summed E-state index contributed by atoms with van der Waals surface area (Å²) in [4.78, 5) is 28.4. The predicted octanol–water partition coefficient (Wildman–Crippen LogP) is -0.389. The molecule has 106 valence electrons. The molecule has 0 saturated heterocycles. The summed E-state index contributed by atoms with van der Waals surface area (Å²) in [6.07, 6.45) is 4.19. The van der Waals surface area contributed by atoms with E-state index in [-0.39, 0.29) is 25.0 Å². The highest BCUT2D eigenvalue weighted by Gasteiger charge is 2.15. The lowest BCUT2D eigenvalue weighted by Crippen LogP contribution is -2.37. The van der Waals surface area contributed by atoms with Crippen molar-refractivity contribution in [3.05, 3.63) is 18.2 Å². The predicted molar refractivity (Wildman–Crippen MR) is 67.4 cm³/mol. The van der Waals surface area contributed by atoms with Crippen LogP contribution in [0.2, 0.25) is 0 Å². The molecular weight excluding hydrogens is 250 g/mol. The number of carbonyl (C=O) groups is 2. The summed E-state index contributed by atoms with van der Waals surface area (Å²) in [5.41, 5.74) is 0. The van der Waals surface area contributed by atoms with Gasteiger partial charge in [0.1, 0.15) is 5.82 Å². The first-order valence-electron chi connectivity index (χ1n) is 5.89. The normalized spacial score (nSPS) is 10.5. The van der Waals surface area contributed by atoms with Gasteiger partial charge in [-0.05, 0) is 0 Å². The molecule has 0 N–H and O–H groups in total. The first-order chi connectivity index (χ1) is 9.06. The van der Waals surface area contributed by atoms with Crippen LogP contribution in [-0.2, 0) is 32.5 Å². The highest BCUT2D eigenvalue weighted by molar-refractivity contribution is 5.74. The molecule has 0 saturated carbocycles. The van der Waals surface area contributed by atoms with Gasteiger partial charge in [0.05, 0.1) is 27.3 Å². The average molecular weight is 269 g/mol. The lowest BCUT2D eigenvalue weighted by Gasteiger charge is -2.19. The fourth-order valence-electron chi connectivity index (χ4n) is 1.60. The van der Waals surface area contributed by atoms with Gasteiger partial charge in [-0.25, -0.2) is 4.98 Å². The Kier molecular flexibility index (Phi) is 6.01. The van der Waals surface area contributed by atoms with Crippen LogP contribution in [0.5, 0.6) is 0 Å². The Morgan fingerprint density at radius 2 is 1.84 bits per heavy atom. The summed E-state index contributed by atoms with van der Waals surface area (Å²) in [5, 5.41) is 0. The zero-order valence-corrected chi connectivity index (χ0v) is 11.5. The van der Waals surface area contributed by atoms with E-state index in [9.17, 15) is 9.59 Å². The van der Waals surface area contributed by atoms with E-state index >= 15 is 0 Å². The maximum Gasteiger partial charge on any atom is 0.319 e. The molecule has 0 aliphatic rings. The van der Waals surface area contributed by atoms with Crippen LogP contribution in [0.4, 0.5) is 0 Å². The number of aryl methyl sites for hydroxylation is 1. The molecule has 1 rings (SSSR count). The second-order valence-electron chi connectivity index (χ2n) is 4.07. The SMILES string of the molecule is COC(=O)CN(CCc1nccn1C)CC(=O)OC. The van der Waals surface area contributed by atoms with Gasteiger partial charge in [0.15, 0.2) is 0 Å². The minimum Gasteiger partial charge on any atom is -0.468 e. The van der Waals surface area contributed by atoms with Crippen LogP contribution in [0.15, 0.2) is 12.4 Å². The van der Waals surface area contributed by atoms with Crippen molar-refractivity contribution in [3.8, 4) is 0 Å². The Bertz CT molecular complexity index is 412. The van der Waals surface area contributed by atoms with Crippen molar-refractivity contribution in [2.45, 2.75) is 6.42 Å². The van der Waals surface area contributed by atoms with Gasteiger partial charge in [0.2, 0.25) is 0 Å². The van der Waals surface area contributed by atoms with E-state index in [0.717, 1.165) is 5.82 Å². The van der Waals surface area contributed by atoms with Crippen molar-refractivity contribution in [3.63, 3.8) is 0 Å². The minimum atomic E-state index is -0.385. The Morgan fingerprint density at radius 3 is 2.26 bits per heavy atom. The number of aromatic nitrogens is 2. The molecule has 0 aromatic carbocycles. The zero-order chi connectivity index (χ0) is 14.3. The second-order valence-corrected chi connectivity index (χ2v) is 4.07. The number of nitrogens with zero attached hydrogens (tertiary/aromatic N) is 3. The summed E-state index contributed by atoms with van der Waals surface area (Å²) in [7, 11) is 4.53. The van der Waals surface area contributed by atoms with Crippen LogP contribution in [0.3, 0.4) is 0 Å². The van der Waals surface area contributed by atoms with Gasteiger partial charge in [-0.15, -0.1) is 0 Å². The maximum atomic E-state index is 11.3. The lowest BCUT2D eigenvalue weighted by atomic mass is 10.3. The Balaban J connectivity index is 2.55. The van der Waals surface area contributed by atoms with Gasteiger partial charge in [-0.2, -0.15) is 0 Å². The smallest absolute Gasteiger partial charge is 0.319 e. The Hall–Kier alpha value is -1.89.